The number of aliphatic hydroxyl groups excluding tert-OH is 2. The average Bonchev–Trinajstić information content (AvgIpc) is 2.78. The second kappa shape index (κ2) is 5.82. The third-order valence-corrected chi connectivity index (χ3v) is 4.47. The fourth-order valence-corrected chi connectivity index (χ4v) is 3.52. The Morgan fingerprint density at radius 2 is 2.28 bits per heavy atom. The van der Waals surface area contributed by atoms with Crippen LogP contribution in [0.15, 0.2) is 5.38 Å². The Labute approximate surface area is 111 Å². The predicted molar refractivity (Wildman–Crippen MR) is 70.9 cm³/mol. The molecule has 0 aromatic carbocycles. The van der Waals surface area contributed by atoms with Crippen molar-refractivity contribution in [1.29, 1.82) is 0 Å². The van der Waals surface area contributed by atoms with Crippen LogP contribution in [0.5, 0.6) is 0 Å². The third kappa shape index (κ3) is 2.74. The molecule has 5 heteroatoms. The summed E-state index contributed by atoms with van der Waals surface area (Å²) < 4.78 is 0. The summed E-state index contributed by atoms with van der Waals surface area (Å²) in [5.74, 6) is 0.504. The minimum Gasteiger partial charge on any atom is -0.394 e. The van der Waals surface area contributed by atoms with E-state index in [2.05, 4.69) is 12.2 Å². The Morgan fingerprint density at radius 1 is 1.56 bits per heavy atom. The van der Waals surface area contributed by atoms with Crippen LogP contribution in [0.1, 0.15) is 34.1 Å². The average molecular weight is 269 g/mol. The monoisotopic (exact) mass is 269 g/mol. The fourth-order valence-electron chi connectivity index (χ4n) is 2.28. The zero-order valence-electron chi connectivity index (χ0n) is 10.5. The number of thiophene rings is 1. The van der Waals surface area contributed by atoms with Crippen LogP contribution in [0.3, 0.4) is 0 Å². The van der Waals surface area contributed by atoms with E-state index >= 15 is 0 Å². The van der Waals surface area contributed by atoms with Crippen molar-refractivity contribution in [2.24, 2.45) is 5.92 Å². The summed E-state index contributed by atoms with van der Waals surface area (Å²) in [7, 11) is 0. The SMILES string of the molecule is CC1CCc2c(C(=O)NC(CO)CO)csc2C1. The molecule has 0 fully saturated rings. The largest absolute Gasteiger partial charge is 0.394 e. The topological polar surface area (TPSA) is 69.6 Å². The lowest BCUT2D eigenvalue weighted by atomic mass is 9.88. The van der Waals surface area contributed by atoms with Crippen LogP contribution >= 0.6 is 11.3 Å². The van der Waals surface area contributed by atoms with Gasteiger partial charge in [0.15, 0.2) is 0 Å². The zero-order chi connectivity index (χ0) is 13.1. The Balaban J connectivity index is 2.12. The molecule has 1 heterocycles. The minimum atomic E-state index is -0.574. The number of nitrogens with one attached hydrogen (secondary N) is 1. The van der Waals surface area contributed by atoms with E-state index in [9.17, 15) is 4.79 Å². The Kier molecular flexibility index (Phi) is 4.37. The Bertz CT molecular complexity index is 426. The molecule has 100 valence electrons. The maximum absolute atomic E-state index is 12.1. The molecule has 1 aliphatic carbocycles. The van der Waals surface area contributed by atoms with Gasteiger partial charge in [0, 0.05) is 10.3 Å². The van der Waals surface area contributed by atoms with Gasteiger partial charge in [0.25, 0.3) is 5.91 Å². The van der Waals surface area contributed by atoms with Gasteiger partial charge < -0.3 is 15.5 Å². The number of amides is 1. The molecule has 1 amide bonds. The van der Waals surface area contributed by atoms with Crippen LogP contribution in [0, 0.1) is 5.92 Å². The highest BCUT2D eigenvalue weighted by Gasteiger charge is 2.24. The number of aliphatic hydroxyl groups is 2. The molecule has 1 aromatic heterocycles. The first-order chi connectivity index (χ1) is 8.65. The van der Waals surface area contributed by atoms with E-state index < -0.39 is 6.04 Å². The highest BCUT2D eigenvalue weighted by Crippen LogP contribution is 2.32. The molecular formula is C13H19NO3S. The van der Waals surface area contributed by atoms with Gasteiger partial charge in [-0.05, 0) is 30.7 Å². The molecule has 2 rings (SSSR count). The van der Waals surface area contributed by atoms with E-state index in [4.69, 9.17) is 10.2 Å². The standard InChI is InChI=1S/C13H19NO3S/c1-8-2-3-10-11(7-18-12(10)4-8)13(17)14-9(5-15)6-16/h7-9,15-16H,2-6H2,1H3,(H,14,17). The van der Waals surface area contributed by atoms with E-state index in [1.165, 1.54) is 4.88 Å². The Morgan fingerprint density at radius 3 is 2.94 bits per heavy atom. The molecule has 1 unspecified atom stereocenters. The van der Waals surface area contributed by atoms with Crippen molar-refractivity contribution in [3.05, 3.63) is 21.4 Å². The Hall–Kier alpha value is -0.910. The molecule has 1 aliphatic rings. The van der Waals surface area contributed by atoms with Crippen LogP contribution in [0.2, 0.25) is 0 Å². The normalized spacial score (nSPS) is 18.8. The van der Waals surface area contributed by atoms with Gasteiger partial charge in [0.1, 0.15) is 0 Å². The number of hydrogen-bond donors (Lipinski definition) is 3. The predicted octanol–water partition coefficient (Wildman–Crippen LogP) is 0.956. The summed E-state index contributed by atoms with van der Waals surface area (Å²) in [6, 6.07) is -0.574. The van der Waals surface area contributed by atoms with E-state index in [1.54, 1.807) is 11.3 Å². The molecule has 1 atom stereocenters. The minimum absolute atomic E-state index is 0.185. The fraction of sp³-hybridized carbons (Fsp3) is 0.615. The van der Waals surface area contributed by atoms with Crippen molar-refractivity contribution in [2.75, 3.05) is 13.2 Å². The van der Waals surface area contributed by atoms with Gasteiger partial charge in [-0.1, -0.05) is 6.92 Å². The third-order valence-electron chi connectivity index (χ3n) is 3.42. The molecule has 0 aliphatic heterocycles. The van der Waals surface area contributed by atoms with Crippen molar-refractivity contribution in [3.63, 3.8) is 0 Å². The number of rotatable bonds is 4. The molecule has 3 N–H and O–H groups in total. The molecule has 0 spiro atoms. The van der Waals surface area contributed by atoms with Crippen LogP contribution in [-0.2, 0) is 12.8 Å². The first-order valence-electron chi connectivity index (χ1n) is 6.27. The highest BCUT2D eigenvalue weighted by molar-refractivity contribution is 7.10. The first-order valence-corrected chi connectivity index (χ1v) is 7.15. The molecule has 0 saturated heterocycles. The van der Waals surface area contributed by atoms with Gasteiger partial charge in [-0.3, -0.25) is 4.79 Å². The smallest absolute Gasteiger partial charge is 0.252 e. The lowest BCUT2D eigenvalue weighted by molar-refractivity contribution is 0.0878. The van der Waals surface area contributed by atoms with Crippen molar-refractivity contribution in [1.82, 2.24) is 5.32 Å². The zero-order valence-corrected chi connectivity index (χ0v) is 11.3. The van der Waals surface area contributed by atoms with E-state index in [0.29, 0.717) is 11.5 Å². The van der Waals surface area contributed by atoms with E-state index in [0.717, 1.165) is 24.8 Å². The first kappa shape index (κ1) is 13.5. The van der Waals surface area contributed by atoms with Crippen molar-refractivity contribution < 1.29 is 15.0 Å². The van der Waals surface area contributed by atoms with Gasteiger partial charge in [0.2, 0.25) is 0 Å². The summed E-state index contributed by atoms with van der Waals surface area (Å²) in [6.45, 7) is 1.74. The van der Waals surface area contributed by atoms with Crippen molar-refractivity contribution in [3.8, 4) is 0 Å². The quantitative estimate of drug-likeness (QED) is 0.762. The van der Waals surface area contributed by atoms with E-state index in [-0.39, 0.29) is 19.1 Å². The van der Waals surface area contributed by atoms with Crippen LogP contribution in [0.4, 0.5) is 0 Å². The van der Waals surface area contributed by atoms with Crippen LogP contribution in [-0.4, -0.2) is 35.4 Å². The maximum Gasteiger partial charge on any atom is 0.252 e. The number of hydrogen-bond acceptors (Lipinski definition) is 4. The summed E-state index contributed by atoms with van der Waals surface area (Å²) in [5, 5.41) is 22.5. The lowest BCUT2D eigenvalue weighted by Gasteiger charge is -2.19. The molecule has 18 heavy (non-hydrogen) atoms. The van der Waals surface area contributed by atoms with Crippen molar-refractivity contribution >= 4 is 17.2 Å². The summed E-state index contributed by atoms with van der Waals surface area (Å²) in [4.78, 5) is 13.4. The maximum atomic E-state index is 12.1. The van der Waals surface area contributed by atoms with Crippen LogP contribution < -0.4 is 5.32 Å². The second-order valence-corrected chi connectivity index (χ2v) is 5.90. The summed E-state index contributed by atoms with van der Waals surface area (Å²) in [6.07, 6.45) is 3.12. The summed E-state index contributed by atoms with van der Waals surface area (Å²) >= 11 is 1.64. The van der Waals surface area contributed by atoms with Gasteiger partial charge in [-0.15, -0.1) is 11.3 Å². The van der Waals surface area contributed by atoms with Gasteiger partial charge in [0.05, 0.1) is 24.8 Å². The molecule has 0 radical (unpaired) electrons. The highest BCUT2D eigenvalue weighted by atomic mass is 32.1. The number of carbonyl (C=O) groups is 1. The molecular weight excluding hydrogens is 250 g/mol. The van der Waals surface area contributed by atoms with Crippen LogP contribution in [0.25, 0.3) is 0 Å². The van der Waals surface area contributed by atoms with Crippen molar-refractivity contribution in [2.45, 2.75) is 32.2 Å². The molecule has 4 nitrogen and oxygen atoms in total. The summed E-state index contributed by atoms with van der Waals surface area (Å²) in [5.41, 5.74) is 1.87. The van der Waals surface area contributed by atoms with Gasteiger partial charge >= 0.3 is 0 Å². The molecule has 0 saturated carbocycles. The number of fused-ring (bicyclic) bond motifs is 1. The van der Waals surface area contributed by atoms with Gasteiger partial charge in [-0.25, -0.2) is 0 Å². The lowest BCUT2D eigenvalue weighted by Crippen LogP contribution is -2.40. The molecule has 0 bridgehead atoms. The molecule has 1 aromatic rings. The number of carbonyl (C=O) groups excluding carboxylic acids is 1. The van der Waals surface area contributed by atoms with E-state index in [1.807, 2.05) is 5.38 Å². The van der Waals surface area contributed by atoms with Gasteiger partial charge in [-0.2, -0.15) is 0 Å². The second-order valence-electron chi connectivity index (χ2n) is 4.93.